The predicted molar refractivity (Wildman–Crippen MR) is 54.9 cm³/mol. The van der Waals surface area contributed by atoms with Crippen LogP contribution in [0.2, 0.25) is 0 Å². The molecule has 0 aliphatic carbocycles. The first-order chi connectivity index (χ1) is 7.13. The third kappa shape index (κ3) is 4.09. The molecule has 0 amide bonds. The van der Waals surface area contributed by atoms with Gasteiger partial charge in [-0.3, -0.25) is 4.79 Å². The number of ether oxygens (including phenoxy) is 2. The summed E-state index contributed by atoms with van der Waals surface area (Å²) in [6.45, 7) is 0. The van der Waals surface area contributed by atoms with E-state index in [1.807, 2.05) is 0 Å². The molecule has 2 atom stereocenters. The first-order valence-corrected chi connectivity index (χ1v) is 5.81. The molecule has 1 N–H and O–H groups in total. The summed E-state index contributed by atoms with van der Waals surface area (Å²) in [5.41, 5.74) is 0. The predicted octanol–water partition coefficient (Wildman–Crippen LogP) is 0.525. The molecule has 15 heavy (non-hydrogen) atoms. The zero-order valence-electron chi connectivity index (χ0n) is 8.47. The van der Waals surface area contributed by atoms with Gasteiger partial charge >= 0.3 is 11.9 Å². The second kappa shape index (κ2) is 5.97. The van der Waals surface area contributed by atoms with Gasteiger partial charge < -0.3 is 14.6 Å². The average Bonchev–Trinajstić information content (AvgIpc) is 2.66. The molecule has 1 aliphatic rings. The van der Waals surface area contributed by atoms with Crippen LogP contribution in [0, 0.1) is 0 Å². The lowest BCUT2D eigenvalue weighted by molar-refractivity contribution is -0.149. The van der Waals surface area contributed by atoms with Crippen LogP contribution in [-0.2, 0) is 19.1 Å². The standard InChI is InChI=1S/C9H14O5S/c1-13-8(10)5-15-4-6-2-3-7(14-6)9(11)12/h6-7H,2-5H2,1H3,(H,11,12). The van der Waals surface area contributed by atoms with Gasteiger partial charge in [-0.25, -0.2) is 4.79 Å². The fourth-order valence-corrected chi connectivity index (χ4v) is 2.25. The molecule has 0 radical (unpaired) electrons. The third-order valence-corrected chi connectivity index (χ3v) is 3.18. The maximum absolute atomic E-state index is 10.8. The molecule has 0 spiro atoms. The Morgan fingerprint density at radius 2 is 2.27 bits per heavy atom. The van der Waals surface area contributed by atoms with Crippen LogP contribution in [0.25, 0.3) is 0 Å². The number of methoxy groups -OCH3 is 1. The van der Waals surface area contributed by atoms with Gasteiger partial charge in [0.2, 0.25) is 0 Å². The molecule has 0 aromatic rings. The summed E-state index contributed by atoms with van der Waals surface area (Å²) in [4.78, 5) is 21.3. The molecule has 0 bridgehead atoms. The Morgan fingerprint density at radius 3 is 2.80 bits per heavy atom. The summed E-state index contributed by atoms with van der Waals surface area (Å²) >= 11 is 1.40. The van der Waals surface area contributed by atoms with Crippen LogP contribution in [0.15, 0.2) is 0 Å². The van der Waals surface area contributed by atoms with Crippen molar-refractivity contribution >= 4 is 23.7 Å². The lowest BCUT2D eigenvalue weighted by Crippen LogP contribution is -2.21. The first kappa shape index (κ1) is 12.3. The molecule has 1 saturated heterocycles. The maximum atomic E-state index is 10.8. The van der Waals surface area contributed by atoms with E-state index in [-0.39, 0.29) is 17.8 Å². The van der Waals surface area contributed by atoms with E-state index in [4.69, 9.17) is 9.84 Å². The highest BCUT2D eigenvalue weighted by atomic mass is 32.2. The Bertz CT molecular complexity index is 243. The van der Waals surface area contributed by atoms with Gasteiger partial charge in [0.25, 0.3) is 0 Å². The Labute approximate surface area is 92.1 Å². The number of aliphatic carboxylic acids is 1. The van der Waals surface area contributed by atoms with Gasteiger partial charge in [0.1, 0.15) is 0 Å². The number of hydrogen-bond acceptors (Lipinski definition) is 5. The lowest BCUT2D eigenvalue weighted by Gasteiger charge is -2.09. The van der Waals surface area contributed by atoms with Crippen molar-refractivity contribution in [2.45, 2.75) is 25.0 Å². The first-order valence-electron chi connectivity index (χ1n) is 4.66. The van der Waals surface area contributed by atoms with Crippen molar-refractivity contribution in [3.63, 3.8) is 0 Å². The highest BCUT2D eigenvalue weighted by Gasteiger charge is 2.30. The lowest BCUT2D eigenvalue weighted by atomic mass is 10.2. The van der Waals surface area contributed by atoms with E-state index in [1.54, 1.807) is 0 Å². The van der Waals surface area contributed by atoms with Crippen LogP contribution in [0.1, 0.15) is 12.8 Å². The zero-order chi connectivity index (χ0) is 11.3. The summed E-state index contributed by atoms with van der Waals surface area (Å²) in [5.74, 6) is -0.254. The summed E-state index contributed by atoms with van der Waals surface area (Å²) in [6.07, 6.45) is 0.568. The van der Waals surface area contributed by atoms with Gasteiger partial charge in [-0.1, -0.05) is 0 Å². The number of rotatable bonds is 5. The molecule has 1 heterocycles. The van der Waals surface area contributed by atoms with Crippen LogP contribution >= 0.6 is 11.8 Å². The van der Waals surface area contributed by atoms with Crippen molar-refractivity contribution in [3.05, 3.63) is 0 Å². The SMILES string of the molecule is COC(=O)CSCC1CCC(C(=O)O)O1. The average molecular weight is 234 g/mol. The number of thioether (sulfide) groups is 1. The fourth-order valence-electron chi connectivity index (χ4n) is 1.34. The van der Waals surface area contributed by atoms with Crippen LogP contribution in [-0.4, -0.2) is 47.9 Å². The number of carboxylic acids is 1. The highest BCUT2D eigenvalue weighted by Crippen LogP contribution is 2.22. The fraction of sp³-hybridized carbons (Fsp3) is 0.778. The molecule has 6 heteroatoms. The van der Waals surface area contributed by atoms with Gasteiger partial charge in [0, 0.05) is 5.75 Å². The number of carbonyl (C=O) groups is 2. The van der Waals surface area contributed by atoms with E-state index in [0.717, 1.165) is 6.42 Å². The summed E-state index contributed by atoms with van der Waals surface area (Å²) in [6, 6.07) is 0. The van der Waals surface area contributed by atoms with E-state index in [9.17, 15) is 9.59 Å². The molecule has 0 saturated carbocycles. The van der Waals surface area contributed by atoms with Crippen LogP contribution in [0.3, 0.4) is 0 Å². The highest BCUT2D eigenvalue weighted by molar-refractivity contribution is 7.99. The van der Waals surface area contributed by atoms with Crippen molar-refractivity contribution in [3.8, 4) is 0 Å². The quantitative estimate of drug-likeness (QED) is 0.699. The largest absolute Gasteiger partial charge is 0.479 e. The zero-order valence-corrected chi connectivity index (χ0v) is 9.29. The summed E-state index contributed by atoms with van der Waals surface area (Å²) in [7, 11) is 1.34. The Balaban J connectivity index is 2.14. The Kier molecular flexibility index (Phi) is 4.90. The molecule has 2 unspecified atom stereocenters. The second-order valence-corrected chi connectivity index (χ2v) is 4.28. The number of esters is 1. The maximum Gasteiger partial charge on any atom is 0.332 e. The van der Waals surface area contributed by atoms with E-state index in [1.165, 1.54) is 18.9 Å². The molecule has 1 aliphatic heterocycles. The van der Waals surface area contributed by atoms with Crippen molar-refractivity contribution in [2.75, 3.05) is 18.6 Å². The van der Waals surface area contributed by atoms with Crippen molar-refractivity contribution in [1.29, 1.82) is 0 Å². The topological polar surface area (TPSA) is 72.8 Å². The van der Waals surface area contributed by atoms with Gasteiger partial charge in [0.05, 0.1) is 19.0 Å². The third-order valence-electron chi connectivity index (χ3n) is 2.13. The molecule has 5 nitrogen and oxygen atoms in total. The smallest absolute Gasteiger partial charge is 0.332 e. The van der Waals surface area contributed by atoms with E-state index < -0.39 is 12.1 Å². The minimum absolute atomic E-state index is 0.0549. The van der Waals surface area contributed by atoms with Crippen molar-refractivity contribution in [2.24, 2.45) is 0 Å². The van der Waals surface area contributed by atoms with E-state index >= 15 is 0 Å². The Hall–Kier alpha value is -0.750. The van der Waals surface area contributed by atoms with Crippen molar-refractivity contribution < 1.29 is 24.2 Å². The molecule has 1 rings (SSSR count). The summed E-state index contributed by atoms with van der Waals surface area (Å²) < 4.78 is 9.75. The van der Waals surface area contributed by atoms with Crippen LogP contribution in [0.4, 0.5) is 0 Å². The minimum Gasteiger partial charge on any atom is -0.479 e. The summed E-state index contributed by atoms with van der Waals surface area (Å²) in [5, 5.41) is 8.68. The monoisotopic (exact) mass is 234 g/mol. The second-order valence-electron chi connectivity index (χ2n) is 3.25. The van der Waals surface area contributed by atoms with Crippen molar-refractivity contribution in [1.82, 2.24) is 0 Å². The van der Waals surface area contributed by atoms with Crippen LogP contribution in [0.5, 0.6) is 0 Å². The van der Waals surface area contributed by atoms with Gasteiger partial charge in [0.15, 0.2) is 6.10 Å². The molecule has 0 aromatic carbocycles. The molecular weight excluding hydrogens is 220 g/mol. The number of carboxylic acid groups (broad SMARTS) is 1. The van der Waals surface area contributed by atoms with Gasteiger partial charge in [-0.2, -0.15) is 0 Å². The minimum atomic E-state index is -0.907. The molecule has 0 aromatic heterocycles. The molecule has 86 valence electrons. The molecule has 1 fully saturated rings. The normalized spacial score (nSPS) is 25.1. The Morgan fingerprint density at radius 1 is 1.53 bits per heavy atom. The van der Waals surface area contributed by atoms with Crippen LogP contribution < -0.4 is 0 Å². The van der Waals surface area contributed by atoms with Gasteiger partial charge in [-0.05, 0) is 12.8 Å². The van der Waals surface area contributed by atoms with E-state index in [2.05, 4.69) is 4.74 Å². The molecular formula is C9H14O5S. The number of hydrogen-bond donors (Lipinski definition) is 1. The van der Waals surface area contributed by atoms with Gasteiger partial charge in [-0.15, -0.1) is 11.8 Å². The number of carbonyl (C=O) groups excluding carboxylic acids is 1. The van der Waals surface area contributed by atoms with E-state index in [0.29, 0.717) is 12.2 Å².